The van der Waals surface area contributed by atoms with Gasteiger partial charge in [-0.05, 0) is 61.6 Å². The van der Waals surface area contributed by atoms with Crippen LogP contribution in [-0.4, -0.2) is 18.6 Å². The highest BCUT2D eigenvalue weighted by molar-refractivity contribution is 5.95. The standard InChI is InChI=1S/C23H31NO3/c1-6-7-14-26-22-11-9-8-10-21(22)24-23(25)18(5)27-19-12-13-20(16(2)3)17(4)15-19/h8-13,15-16,18H,6-7,14H2,1-5H3,(H,24,25). The Hall–Kier alpha value is -2.49. The molecule has 0 aliphatic heterocycles. The van der Waals surface area contributed by atoms with Crippen molar-refractivity contribution < 1.29 is 14.3 Å². The van der Waals surface area contributed by atoms with Crippen molar-refractivity contribution in [1.82, 2.24) is 0 Å². The molecule has 0 aliphatic rings. The number of carbonyl (C=O) groups is 1. The molecule has 27 heavy (non-hydrogen) atoms. The molecule has 0 spiro atoms. The Bertz CT molecular complexity index is 755. The second kappa shape index (κ2) is 10.0. The molecule has 1 atom stereocenters. The summed E-state index contributed by atoms with van der Waals surface area (Å²) in [6.45, 7) is 10.9. The lowest BCUT2D eigenvalue weighted by Crippen LogP contribution is -2.30. The van der Waals surface area contributed by atoms with Gasteiger partial charge in [0.15, 0.2) is 6.10 Å². The lowest BCUT2D eigenvalue weighted by atomic mass is 9.98. The summed E-state index contributed by atoms with van der Waals surface area (Å²) < 4.78 is 11.6. The van der Waals surface area contributed by atoms with E-state index in [-0.39, 0.29) is 5.91 Å². The van der Waals surface area contributed by atoms with Gasteiger partial charge in [-0.3, -0.25) is 4.79 Å². The van der Waals surface area contributed by atoms with Gasteiger partial charge in [0.1, 0.15) is 11.5 Å². The molecular weight excluding hydrogens is 338 g/mol. The van der Waals surface area contributed by atoms with Crippen LogP contribution in [0.5, 0.6) is 11.5 Å². The van der Waals surface area contributed by atoms with E-state index in [4.69, 9.17) is 9.47 Å². The number of para-hydroxylation sites is 2. The summed E-state index contributed by atoms with van der Waals surface area (Å²) in [6, 6.07) is 13.5. The molecule has 2 aromatic rings. The molecule has 2 rings (SSSR count). The monoisotopic (exact) mass is 369 g/mol. The summed E-state index contributed by atoms with van der Waals surface area (Å²) in [6.07, 6.45) is 1.43. The molecule has 1 unspecified atom stereocenters. The van der Waals surface area contributed by atoms with Crippen LogP contribution in [0.2, 0.25) is 0 Å². The molecule has 0 heterocycles. The molecule has 0 saturated carbocycles. The number of aryl methyl sites for hydroxylation is 1. The molecule has 1 amide bonds. The predicted molar refractivity (Wildman–Crippen MR) is 111 cm³/mol. The highest BCUT2D eigenvalue weighted by atomic mass is 16.5. The van der Waals surface area contributed by atoms with E-state index in [1.807, 2.05) is 36.4 Å². The summed E-state index contributed by atoms with van der Waals surface area (Å²) in [5, 5.41) is 2.91. The van der Waals surface area contributed by atoms with Crippen molar-refractivity contribution in [3.05, 3.63) is 53.6 Å². The fourth-order valence-electron chi connectivity index (χ4n) is 2.88. The first-order valence-corrected chi connectivity index (χ1v) is 9.72. The second-order valence-corrected chi connectivity index (χ2v) is 7.12. The van der Waals surface area contributed by atoms with E-state index < -0.39 is 6.10 Å². The van der Waals surface area contributed by atoms with Crippen LogP contribution in [0.15, 0.2) is 42.5 Å². The number of unbranched alkanes of at least 4 members (excludes halogenated alkanes) is 1. The van der Waals surface area contributed by atoms with Gasteiger partial charge in [0.05, 0.1) is 12.3 Å². The van der Waals surface area contributed by atoms with Gasteiger partial charge < -0.3 is 14.8 Å². The Morgan fingerprint density at radius 1 is 1.11 bits per heavy atom. The molecule has 2 aromatic carbocycles. The first kappa shape index (κ1) is 20.8. The number of carbonyl (C=O) groups excluding carboxylic acids is 1. The number of ether oxygens (including phenoxy) is 2. The number of hydrogen-bond donors (Lipinski definition) is 1. The van der Waals surface area contributed by atoms with Gasteiger partial charge in [-0.1, -0.05) is 45.4 Å². The molecule has 0 bridgehead atoms. The number of benzene rings is 2. The topological polar surface area (TPSA) is 47.6 Å². The highest BCUT2D eigenvalue weighted by Gasteiger charge is 2.17. The predicted octanol–water partition coefficient (Wildman–Crippen LogP) is 5.70. The van der Waals surface area contributed by atoms with Gasteiger partial charge in [-0.2, -0.15) is 0 Å². The number of nitrogens with one attached hydrogen (secondary N) is 1. The largest absolute Gasteiger partial charge is 0.491 e. The van der Waals surface area contributed by atoms with E-state index in [0.29, 0.717) is 29.7 Å². The fraction of sp³-hybridized carbons (Fsp3) is 0.435. The van der Waals surface area contributed by atoms with E-state index in [0.717, 1.165) is 12.8 Å². The van der Waals surface area contributed by atoms with Crippen LogP contribution in [0, 0.1) is 6.92 Å². The SMILES string of the molecule is CCCCOc1ccccc1NC(=O)C(C)Oc1ccc(C(C)C)c(C)c1. The second-order valence-electron chi connectivity index (χ2n) is 7.12. The van der Waals surface area contributed by atoms with E-state index in [1.54, 1.807) is 6.92 Å². The van der Waals surface area contributed by atoms with Crippen LogP contribution in [0.3, 0.4) is 0 Å². The highest BCUT2D eigenvalue weighted by Crippen LogP contribution is 2.26. The van der Waals surface area contributed by atoms with E-state index in [9.17, 15) is 4.79 Å². The van der Waals surface area contributed by atoms with Gasteiger partial charge in [0, 0.05) is 0 Å². The van der Waals surface area contributed by atoms with Crippen molar-refractivity contribution in [2.45, 2.75) is 59.5 Å². The Labute approximate surface area is 162 Å². The maximum absolute atomic E-state index is 12.6. The van der Waals surface area contributed by atoms with Gasteiger partial charge in [-0.25, -0.2) is 0 Å². The van der Waals surface area contributed by atoms with Crippen LogP contribution < -0.4 is 14.8 Å². The molecule has 0 aliphatic carbocycles. The Morgan fingerprint density at radius 2 is 1.85 bits per heavy atom. The van der Waals surface area contributed by atoms with Crippen LogP contribution >= 0.6 is 0 Å². The van der Waals surface area contributed by atoms with Crippen molar-refractivity contribution in [2.24, 2.45) is 0 Å². The third-order valence-corrected chi connectivity index (χ3v) is 4.45. The number of rotatable bonds is 9. The smallest absolute Gasteiger partial charge is 0.265 e. The molecule has 4 nitrogen and oxygen atoms in total. The van der Waals surface area contributed by atoms with E-state index in [2.05, 4.69) is 39.1 Å². The van der Waals surface area contributed by atoms with Crippen LogP contribution in [0.1, 0.15) is 57.6 Å². The minimum absolute atomic E-state index is 0.202. The van der Waals surface area contributed by atoms with Crippen LogP contribution in [0.25, 0.3) is 0 Å². The lowest BCUT2D eigenvalue weighted by Gasteiger charge is -2.18. The zero-order valence-corrected chi connectivity index (χ0v) is 17.0. The number of hydrogen-bond acceptors (Lipinski definition) is 3. The Morgan fingerprint density at radius 3 is 2.52 bits per heavy atom. The van der Waals surface area contributed by atoms with Crippen LogP contribution in [0.4, 0.5) is 5.69 Å². The first-order valence-electron chi connectivity index (χ1n) is 9.72. The zero-order valence-electron chi connectivity index (χ0n) is 17.0. The van der Waals surface area contributed by atoms with Gasteiger partial charge >= 0.3 is 0 Å². The molecule has 4 heteroatoms. The third-order valence-electron chi connectivity index (χ3n) is 4.45. The van der Waals surface area contributed by atoms with E-state index in [1.165, 1.54) is 11.1 Å². The maximum Gasteiger partial charge on any atom is 0.265 e. The van der Waals surface area contributed by atoms with E-state index >= 15 is 0 Å². The normalized spacial score (nSPS) is 11.9. The summed E-state index contributed by atoms with van der Waals surface area (Å²) >= 11 is 0. The summed E-state index contributed by atoms with van der Waals surface area (Å²) in [7, 11) is 0. The summed E-state index contributed by atoms with van der Waals surface area (Å²) in [5.41, 5.74) is 3.13. The van der Waals surface area contributed by atoms with Gasteiger partial charge in [0.25, 0.3) is 5.91 Å². The minimum atomic E-state index is -0.613. The average molecular weight is 370 g/mol. The van der Waals surface area contributed by atoms with Crippen molar-refractivity contribution >= 4 is 11.6 Å². The van der Waals surface area contributed by atoms with Crippen LogP contribution in [-0.2, 0) is 4.79 Å². The van der Waals surface area contributed by atoms with Crippen molar-refractivity contribution in [2.75, 3.05) is 11.9 Å². The first-order chi connectivity index (χ1) is 12.9. The number of anilines is 1. The number of amides is 1. The van der Waals surface area contributed by atoms with Gasteiger partial charge in [0.2, 0.25) is 0 Å². The molecule has 0 fully saturated rings. The molecule has 1 N–H and O–H groups in total. The van der Waals surface area contributed by atoms with Crippen molar-refractivity contribution in [3.63, 3.8) is 0 Å². The molecular formula is C23H31NO3. The summed E-state index contributed by atoms with van der Waals surface area (Å²) in [4.78, 5) is 12.6. The van der Waals surface area contributed by atoms with Crippen molar-refractivity contribution in [3.8, 4) is 11.5 Å². The molecule has 0 saturated heterocycles. The quantitative estimate of drug-likeness (QED) is 0.577. The molecule has 0 aromatic heterocycles. The minimum Gasteiger partial charge on any atom is -0.491 e. The van der Waals surface area contributed by atoms with Crippen molar-refractivity contribution in [1.29, 1.82) is 0 Å². The lowest BCUT2D eigenvalue weighted by molar-refractivity contribution is -0.122. The Balaban J connectivity index is 2.01. The molecule has 146 valence electrons. The third kappa shape index (κ3) is 6.02. The molecule has 0 radical (unpaired) electrons. The maximum atomic E-state index is 12.6. The average Bonchev–Trinajstić information content (AvgIpc) is 2.63. The fourth-order valence-corrected chi connectivity index (χ4v) is 2.88. The summed E-state index contributed by atoms with van der Waals surface area (Å²) in [5.74, 6) is 1.65. The Kier molecular flexibility index (Phi) is 7.71. The van der Waals surface area contributed by atoms with Gasteiger partial charge in [-0.15, -0.1) is 0 Å². The zero-order chi connectivity index (χ0) is 19.8.